The number of piperazine rings is 1. The summed E-state index contributed by atoms with van der Waals surface area (Å²) in [5.41, 5.74) is 1.12. The fraction of sp³-hybridized carbons (Fsp3) is 0.222. The molecule has 0 unspecified atom stereocenters. The lowest BCUT2D eigenvalue weighted by atomic mass is 10.2. The number of carbonyl (C=O) groups is 1. The van der Waals surface area contributed by atoms with Crippen molar-refractivity contribution in [2.24, 2.45) is 0 Å². The number of thiazole rings is 1. The van der Waals surface area contributed by atoms with Crippen LogP contribution in [-0.2, 0) is 0 Å². The van der Waals surface area contributed by atoms with Gasteiger partial charge in [0.15, 0.2) is 5.13 Å². The molecule has 1 aromatic heterocycles. The number of amides is 1. The van der Waals surface area contributed by atoms with Gasteiger partial charge in [0.05, 0.1) is 4.70 Å². The molecule has 0 bridgehead atoms. The molecule has 1 aliphatic heterocycles. The summed E-state index contributed by atoms with van der Waals surface area (Å²) in [6.07, 6.45) is 0. The molecule has 4 nitrogen and oxygen atoms in total. The van der Waals surface area contributed by atoms with E-state index in [1.54, 1.807) is 6.07 Å². The molecule has 1 fully saturated rings. The van der Waals surface area contributed by atoms with Crippen LogP contribution in [0.15, 0.2) is 46.9 Å². The van der Waals surface area contributed by atoms with Crippen LogP contribution in [0.3, 0.4) is 0 Å². The maximum atomic E-state index is 13.8. The Balaban J connectivity index is 1.46. The van der Waals surface area contributed by atoms with Gasteiger partial charge >= 0.3 is 0 Å². The van der Waals surface area contributed by atoms with Gasteiger partial charge in [-0.15, -0.1) is 0 Å². The summed E-state index contributed by atoms with van der Waals surface area (Å²) in [6, 6.07) is 12.4. The Morgan fingerprint density at radius 1 is 1.08 bits per heavy atom. The number of hydrogen-bond donors (Lipinski definition) is 0. The molecule has 1 amide bonds. The van der Waals surface area contributed by atoms with Crippen LogP contribution in [0.2, 0.25) is 0 Å². The van der Waals surface area contributed by atoms with Gasteiger partial charge in [0, 0.05) is 36.2 Å². The van der Waals surface area contributed by atoms with E-state index in [0.717, 1.165) is 14.3 Å². The lowest BCUT2D eigenvalue weighted by Gasteiger charge is -2.34. The summed E-state index contributed by atoms with van der Waals surface area (Å²) in [6.45, 7) is 2.66. The molecule has 1 aliphatic rings. The number of fused-ring (bicyclic) bond motifs is 1. The summed E-state index contributed by atoms with van der Waals surface area (Å²) >= 11 is 4.87. The Morgan fingerprint density at radius 2 is 1.80 bits per heavy atom. The van der Waals surface area contributed by atoms with E-state index in [1.807, 2.05) is 35.2 Å². The Hall–Kier alpha value is -1.99. The van der Waals surface area contributed by atoms with Gasteiger partial charge in [-0.1, -0.05) is 33.3 Å². The van der Waals surface area contributed by atoms with Gasteiger partial charge in [-0.25, -0.2) is 9.37 Å². The smallest absolute Gasteiger partial charge is 0.253 e. The average molecular weight is 420 g/mol. The number of carbonyl (C=O) groups excluding carboxylic acids is 1. The van der Waals surface area contributed by atoms with Crippen molar-refractivity contribution in [3.8, 4) is 0 Å². The fourth-order valence-corrected chi connectivity index (χ4v) is 4.21. The van der Waals surface area contributed by atoms with Gasteiger partial charge in [-0.05, 0) is 36.4 Å². The number of halogens is 2. The fourth-order valence-electron chi connectivity index (χ4n) is 2.91. The molecule has 0 atom stereocenters. The quantitative estimate of drug-likeness (QED) is 0.625. The van der Waals surface area contributed by atoms with Crippen LogP contribution < -0.4 is 4.90 Å². The van der Waals surface area contributed by atoms with Crippen LogP contribution in [0.25, 0.3) is 10.2 Å². The van der Waals surface area contributed by atoms with Crippen molar-refractivity contribution in [2.45, 2.75) is 0 Å². The zero-order valence-electron chi connectivity index (χ0n) is 13.3. The second-order valence-electron chi connectivity index (χ2n) is 5.87. The van der Waals surface area contributed by atoms with Crippen LogP contribution in [0.5, 0.6) is 0 Å². The van der Waals surface area contributed by atoms with Crippen molar-refractivity contribution in [2.75, 3.05) is 31.1 Å². The Kier molecular flexibility index (Phi) is 4.43. The highest BCUT2D eigenvalue weighted by Crippen LogP contribution is 2.30. The zero-order chi connectivity index (χ0) is 17.4. The molecule has 2 aromatic carbocycles. The highest BCUT2D eigenvalue weighted by Gasteiger charge is 2.24. The van der Waals surface area contributed by atoms with Gasteiger partial charge in [-0.3, -0.25) is 4.79 Å². The van der Waals surface area contributed by atoms with Crippen molar-refractivity contribution in [1.29, 1.82) is 0 Å². The monoisotopic (exact) mass is 419 g/mol. The molecule has 0 radical (unpaired) electrons. The lowest BCUT2D eigenvalue weighted by Crippen LogP contribution is -2.48. The summed E-state index contributed by atoms with van der Waals surface area (Å²) in [4.78, 5) is 21.0. The summed E-state index contributed by atoms with van der Waals surface area (Å²) in [5, 5.41) is 0.816. The van der Waals surface area contributed by atoms with Crippen molar-refractivity contribution < 1.29 is 9.18 Å². The molecule has 0 spiro atoms. The van der Waals surface area contributed by atoms with E-state index in [9.17, 15) is 9.18 Å². The minimum Gasteiger partial charge on any atom is -0.345 e. The first-order valence-electron chi connectivity index (χ1n) is 7.97. The van der Waals surface area contributed by atoms with E-state index in [2.05, 4.69) is 25.8 Å². The first kappa shape index (κ1) is 16.5. The van der Waals surface area contributed by atoms with Crippen molar-refractivity contribution in [3.05, 3.63) is 58.3 Å². The molecule has 7 heteroatoms. The predicted molar refractivity (Wildman–Crippen MR) is 102 cm³/mol. The van der Waals surface area contributed by atoms with E-state index in [1.165, 1.54) is 17.4 Å². The van der Waals surface area contributed by atoms with Crippen LogP contribution >= 0.6 is 27.3 Å². The van der Waals surface area contributed by atoms with Crippen LogP contribution in [-0.4, -0.2) is 42.0 Å². The largest absolute Gasteiger partial charge is 0.345 e. The molecule has 25 heavy (non-hydrogen) atoms. The van der Waals surface area contributed by atoms with E-state index in [-0.39, 0.29) is 11.7 Å². The van der Waals surface area contributed by atoms with Crippen molar-refractivity contribution in [1.82, 2.24) is 9.88 Å². The number of para-hydroxylation sites is 1. The first-order chi connectivity index (χ1) is 12.1. The molecule has 128 valence electrons. The third kappa shape index (κ3) is 3.26. The van der Waals surface area contributed by atoms with Crippen molar-refractivity contribution >= 4 is 48.5 Å². The third-order valence-electron chi connectivity index (χ3n) is 4.29. The maximum Gasteiger partial charge on any atom is 0.253 e. The van der Waals surface area contributed by atoms with Gasteiger partial charge in [0.25, 0.3) is 5.91 Å². The summed E-state index contributed by atoms with van der Waals surface area (Å²) in [5.74, 6) is -0.244. The standard InChI is InChI=1S/C18H15BrFN3OS/c19-13-6-4-12(5-7-13)17(24)22-8-10-23(11-9-22)18-21-16-14(20)2-1-3-15(16)25-18/h1-7H,8-11H2. The van der Waals surface area contributed by atoms with Gasteiger partial charge in [-0.2, -0.15) is 0 Å². The normalized spacial score (nSPS) is 15.0. The Bertz CT molecular complexity index is 920. The second-order valence-corrected chi connectivity index (χ2v) is 7.79. The van der Waals surface area contributed by atoms with Crippen LogP contribution in [0.1, 0.15) is 10.4 Å². The SMILES string of the molecule is O=C(c1ccc(Br)cc1)N1CCN(c2nc3c(F)cccc3s2)CC1. The number of aromatic nitrogens is 1. The third-order valence-corrected chi connectivity index (χ3v) is 5.90. The molecule has 0 N–H and O–H groups in total. The van der Waals surface area contributed by atoms with E-state index in [0.29, 0.717) is 37.3 Å². The minimum absolute atomic E-state index is 0.0440. The predicted octanol–water partition coefficient (Wildman–Crippen LogP) is 4.16. The molecular formula is C18H15BrFN3OS. The topological polar surface area (TPSA) is 36.4 Å². The number of rotatable bonds is 2. The molecular weight excluding hydrogens is 405 g/mol. The van der Waals surface area contributed by atoms with Gasteiger partial charge in [0.2, 0.25) is 0 Å². The van der Waals surface area contributed by atoms with Crippen molar-refractivity contribution in [3.63, 3.8) is 0 Å². The molecule has 0 saturated carbocycles. The molecule has 3 aromatic rings. The summed E-state index contributed by atoms with van der Waals surface area (Å²) < 4.78 is 15.6. The lowest BCUT2D eigenvalue weighted by molar-refractivity contribution is 0.0747. The van der Waals surface area contributed by atoms with Gasteiger partial charge in [0.1, 0.15) is 11.3 Å². The highest BCUT2D eigenvalue weighted by atomic mass is 79.9. The first-order valence-corrected chi connectivity index (χ1v) is 9.57. The average Bonchev–Trinajstić information content (AvgIpc) is 3.08. The Labute approximate surface area is 157 Å². The minimum atomic E-state index is -0.288. The van der Waals surface area contributed by atoms with Gasteiger partial charge < -0.3 is 9.80 Å². The summed E-state index contributed by atoms with van der Waals surface area (Å²) in [7, 11) is 0. The molecule has 2 heterocycles. The number of nitrogens with zero attached hydrogens (tertiary/aromatic N) is 3. The second kappa shape index (κ2) is 6.72. The van der Waals surface area contributed by atoms with E-state index >= 15 is 0 Å². The van der Waals surface area contributed by atoms with E-state index in [4.69, 9.17) is 0 Å². The molecule has 0 aliphatic carbocycles. The Morgan fingerprint density at radius 3 is 2.48 bits per heavy atom. The molecule has 1 saturated heterocycles. The van der Waals surface area contributed by atoms with Crippen LogP contribution in [0.4, 0.5) is 9.52 Å². The zero-order valence-corrected chi connectivity index (χ0v) is 15.7. The van der Waals surface area contributed by atoms with E-state index < -0.39 is 0 Å². The molecule has 4 rings (SSSR count). The number of anilines is 1. The maximum absolute atomic E-state index is 13.8. The highest BCUT2D eigenvalue weighted by molar-refractivity contribution is 9.10. The number of benzene rings is 2. The number of hydrogen-bond acceptors (Lipinski definition) is 4. The van der Waals surface area contributed by atoms with Crippen LogP contribution in [0, 0.1) is 5.82 Å².